The van der Waals surface area contributed by atoms with E-state index in [1.807, 2.05) is 0 Å². The molecule has 3 aromatic heterocycles. The SMILES string of the molecule is COc1ccc(-c2cc(C(F)(F)F)n3nc(C(=O)Nc4nn(Cc5ccc(Cl)cc5Cl)cc4Br)cc3n2)cc1. The molecule has 5 rings (SSSR count). The molecule has 2 aromatic carbocycles. The van der Waals surface area contributed by atoms with Gasteiger partial charge in [0.05, 0.1) is 23.8 Å². The standard InChI is InChI=1S/C25H16BrCl2F3N6O2/c1-39-16-6-3-13(4-7-16)19-9-21(25(29,30)31)37-22(32-19)10-20(34-37)24(38)33-23-17(26)12-36(35-23)11-14-2-5-15(27)8-18(14)28/h2-10,12H,11H2,1H3,(H,33,35,38). The van der Waals surface area contributed by atoms with Crippen LogP contribution in [0.4, 0.5) is 19.0 Å². The fraction of sp³-hybridized carbons (Fsp3) is 0.120. The number of fused-ring (bicyclic) bond motifs is 1. The van der Waals surface area contributed by atoms with Gasteiger partial charge in [-0.05, 0) is 64.0 Å². The predicted molar refractivity (Wildman–Crippen MR) is 143 cm³/mol. The molecule has 0 spiro atoms. The van der Waals surface area contributed by atoms with Crippen molar-refractivity contribution < 1.29 is 22.7 Å². The second-order valence-corrected chi connectivity index (χ2v) is 9.96. The summed E-state index contributed by atoms with van der Waals surface area (Å²) in [5.74, 6) is -0.0794. The van der Waals surface area contributed by atoms with Crippen LogP contribution in [0, 0.1) is 0 Å². The summed E-state index contributed by atoms with van der Waals surface area (Å²) in [6.45, 7) is 0.284. The highest BCUT2D eigenvalue weighted by Crippen LogP contribution is 2.33. The highest BCUT2D eigenvalue weighted by molar-refractivity contribution is 9.10. The Hall–Kier alpha value is -3.61. The summed E-state index contributed by atoms with van der Waals surface area (Å²) < 4.78 is 49.5. The maximum absolute atomic E-state index is 13.9. The molecule has 0 aliphatic carbocycles. The predicted octanol–water partition coefficient (Wildman–Crippen LogP) is 6.99. The smallest absolute Gasteiger partial charge is 0.433 e. The largest absolute Gasteiger partial charge is 0.497 e. The number of anilines is 1. The summed E-state index contributed by atoms with van der Waals surface area (Å²) in [7, 11) is 1.48. The van der Waals surface area contributed by atoms with Crippen LogP contribution >= 0.6 is 39.1 Å². The number of nitrogens with zero attached hydrogens (tertiary/aromatic N) is 5. The summed E-state index contributed by atoms with van der Waals surface area (Å²) in [6.07, 6.45) is -3.14. The second kappa shape index (κ2) is 10.5. The minimum Gasteiger partial charge on any atom is -0.497 e. The molecule has 0 bridgehead atoms. The van der Waals surface area contributed by atoms with E-state index in [0.29, 0.717) is 30.3 Å². The molecule has 0 saturated heterocycles. The van der Waals surface area contributed by atoms with E-state index in [0.717, 1.165) is 11.6 Å². The quantitative estimate of drug-likeness (QED) is 0.216. The molecule has 1 N–H and O–H groups in total. The number of rotatable bonds is 6. The molecule has 0 aliphatic heterocycles. The average Bonchev–Trinajstić information content (AvgIpc) is 3.47. The normalized spacial score (nSPS) is 11.7. The molecule has 200 valence electrons. The number of aromatic nitrogens is 5. The summed E-state index contributed by atoms with van der Waals surface area (Å²) in [6, 6.07) is 13.5. The van der Waals surface area contributed by atoms with Crippen LogP contribution in [-0.4, -0.2) is 37.4 Å². The van der Waals surface area contributed by atoms with Crippen molar-refractivity contribution >= 4 is 56.5 Å². The number of carbonyl (C=O) groups is 1. The van der Waals surface area contributed by atoms with Crippen molar-refractivity contribution in [2.45, 2.75) is 12.7 Å². The number of alkyl halides is 3. The number of hydrogen-bond donors (Lipinski definition) is 1. The number of carbonyl (C=O) groups excluding carboxylic acids is 1. The van der Waals surface area contributed by atoms with Crippen LogP contribution in [0.5, 0.6) is 5.75 Å². The van der Waals surface area contributed by atoms with Crippen molar-refractivity contribution in [2.75, 3.05) is 12.4 Å². The van der Waals surface area contributed by atoms with E-state index in [1.54, 1.807) is 48.7 Å². The third-order valence-electron chi connectivity index (χ3n) is 5.63. The number of ether oxygens (including phenoxy) is 1. The lowest BCUT2D eigenvalue weighted by atomic mass is 10.1. The first-order chi connectivity index (χ1) is 18.5. The molecule has 5 aromatic rings. The van der Waals surface area contributed by atoms with Crippen LogP contribution in [0.1, 0.15) is 21.7 Å². The topological polar surface area (TPSA) is 86.3 Å². The minimum atomic E-state index is -4.76. The Morgan fingerprint density at radius 2 is 1.82 bits per heavy atom. The van der Waals surface area contributed by atoms with E-state index in [2.05, 4.69) is 36.4 Å². The first-order valence-electron chi connectivity index (χ1n) is 11.1. The Kier molecular flexibility index (Phi) is 7.27. The van der Waals surface area contributed by atoms with E-state index in [9.17, 15) is 18.0 Å². The molecule has 0 saturated carbocycles. The van der Waals surface area contributed by atoms with E-state index in [1.165, 1.54) is 17.9 Å². The molecular formula is C25H16BrCl2F3N6O2. The minimum absolute atomic E-state index is 0.0617. The van der Waals surface area contributed by atoms with E-state index >= 15 is 0 Å². The molecule has 0 fully saturated rings. The maximum Gasteiger partial charge on any atom is 0.433 e. The monoisotopic (exact) mass is 638 g/mol. The van der Waals surface area contributed by atoms with Gasteiger partial charge < -0.3 is 10.1 Å². The number of hydrogen-bond acceptors (Lipinski definition) is 5. The maximum atomic E-state index is 13.9. The number of halogens is 6. The van der Waals surface area contributed by atoms with Crippen molar-refractivity contribution in [2.24, 2.45) is 0 Å². The van der Waals surface area contributed by atoms with Crippen LogP contribution in [0.3, 0.4) is 0 Å². The van der Waals surface area contributed by atoms with Crippen LogP contribution in [-0.2, 0) is 12.7 Å². The van der Waals surface area contributed by atoms with Gasteiger partial charge in [-0.2, -0.15) is 23.4 Å². The molecule has 0 atom stereocenters. The van der Waals surface area contributed by atoms with Crippen molar-refractivity contribution in [1.82, 2.24) is 24.4 Å². The van der Waals surface area contributed by atoms with Crippen LogP contribution in [0.25, 0.3) is 16.9 Å². The van der Waals surface area contributed by atoms with Gasteiger partial charge in [0.1, 0.15) is 5.75 Å². The Morgan fingerprint density at radius 3 is 2.49 bits per heavy atom. The van der Waals surface area contributed by atoms with E-state index in [4.69, 9.17) is 27.9 Å². The number of amides is 1. The van der Waals surface area contributed by atoms with Gasteiger partial charge in [0.15, 0.2) is 22.9 Å². The van der Waals surface area contributed by atoms with Crippen molar-refractivity contribution in [3.05, 3.63) is 92.3 Å². The van der Waals surface area contributed by atoms with Gasteiger partial charge in [0.25, 0.3) is 5.91 Å². The number of methoxy groups -OCH3 is 1. The molecule has 0 aliphatic rings. The average molecular weight is 640 g/mol. The lowest BCUT2D eigenvalue weighted by Crippen LogP contribution is -2.16. The van der Waals surface area contributed by atoms with Crippen molar-refractivity contribution in [3.63, 3.8) is 0 Å². The molecule has 39 heavy (non-hydrogen) atoms. The lowest BCUT2D eigenvalue weighted by Gasteiger charge is -2.11. The van der Waals surface area contributed by atoms with Gasteiger partial charge in [0.2, 0.25) is 0 Å². The molecule has 14 heteroatoms. The molecule has 1 amide bonds. The van der Waals surface area contributed by atoms with Crippen molar-refractivity contribution in [1.29, 1.82) is 0 Å². The fourth-order valence-electron chi connectivity index (χ4n) is 3.76. The highest BCUT2D eigenvalue weighted by atomic mass is 79.9. The van der Waals surface area contributed by atoms with Crippen LogP contribution in [0.15, 0.2) is 65.3 Å². The van der Waals surface area contributed by atoms with E-state index < -0.39 is 17.8 Å². The molecular weight excluding hydrogens is 624 g/mol. The first kappa shape index (κ1) is 27.0. The van der Waals surface area contributed by atoms with Crippen molar-refractivity contribution in [3.8, 4) is 17.0 Å². The van der Waals surface area contributed by atoms with Gasteiger partial charge in [-0.15, -0.1) is 0 Å². The summed E-state index contributed by atoms with van der Waals surface area (Å²) >= 11 is 15.5. The van der Waals surface area contributed by atoms with Gasteiger partial charge in [-0.3, -0.25) is 9.48 Å². The zero-order chi connectivity index (χ0) is 27.9. The molecule has 3 heterocycles. The third kappa shape index (κ3) is 5.72. The van der Waals surface area contributed by atoms with Gasteiger partial charge in [-0.25, -0.2) is 9.50 Å². The van der Waals surface area contributed by atoms with Gasteiger partial charge in [-0.1, -0.05) is 29.3 Å². The number of nitrogens with one attached hydrogen (secondary N) is 1. The van der Waals surface area contributed by atoms with E-state index in [-0.39, 0.29) is 29.4 Å². The van der Waals surface area contributed by atoms with Crippen LogP contribution in [0.2, 0.25) is 10.0 Å². The second-order valence-electron chi connectivity index (χ2n) is 8.27. The summed E-state index contributed by atoms with van der Waals surface area (Å²) in [4.78, 5) is 17.3. The lowest BCUT2D eigenvalue weighted by molar-refractivity contribution is -0.142. The zero-order valence-electron chi connectivity index (χ0n) is 19.8. The number of benzene rings is 2. The molecule has 8 nitrogen and oxygen atoms in total. The Morgan fingerprint density at radius 1 is 1.08 bits per heavy atom. The third-order valence-corrected chi connectivity index (χ3v) is 6.80. The summed E-state index contributed by atoms with van der Waals surface area (Å²) in [5.41, 5.74) is -0.266. The Bertz CT molecular complexity index is 1700. The zero-order valence-corrected chi connectivity index (χ0v) is 22.9. The van der Waals surface area contributed by atoms with Gasteiger partial charge in [0, 0.05) is 27.9 Å². The summed E-state index contributed by atoms with van der Waals surface area (Å²) in [5, 5.41) is 11.7. The van der Waals surface area contributed by atoms with Crippen LogP contribution < -0.4 is 10.1 Å². The Labute approximate surface area is 237 Å². The molecule has 0 radical (unpaired) electrons. The first-order valence-corrected chi connectivity index (χ1v) is 12.7. The highest BCUT2D eigenvalue weighted by Gasteiger charge is 2.35. The molecule has 0 unspecified atom stereocenters. The van der Waals surface area contributed by atoms with Gasteiger partial charge >= 0.3 is 6.18 Å². The fourth-order valence-corrected chi connectivity index (χ4v) is 4.64. The Balaban J connectivity index is 1.44.